The minimum atomic E-state index is -0.360. The topological polar surface area (TPSA) is 58.4 Å². The minimum Gasteiger partial charge on any atom is -0.311 e. The summed E-state index contributed by atoms with van der Waals surface area (Å²) < 4.78 is 0. The lowest BCUT2D eigenvalue weighted by Gasteiger charge is -2.22. The molecule has 0 spiro atoms. The number of nitro benzene ring substituents is 1. The zero-order valence-corrected chi connectivity index (χ0v) is 12.4. The van der Waals surface area contributed by atoms with Crippen LogP contribution in [0.4, 0.5) is 5.69 Å². The molecule has 5 nitrogen and oxygen atoms in total. The SMILES string of the molecule is CCN1CCCC1CNCc1cc(Cl)ccc1[N+](=O)[O-]. The number of nitrogens with one attached hydrogen (secondary N) is 1. The molecule has 1 unspecified atom stereocenters. The molecule has 1 saturated heterocycles. The number of rotatable bonds is 6. The first-order valence-electron chi connectivity index (χ1n) is 6.99. The van der Waals surface area contributed by atoms with E-state index >= 15 is 0 Å². The molecule has 0 saturated carbocycles. The van der Waals surface area contributed by atoms with Gasteiger partial charge < -0.3 is 5.32 Å². The van der Waals surface area contributed by atoms with Crippen LogP contribution in [0, 0.1) is 10.1 Å². The van der Waals surface area contributed by atoms with E-state index in [4.69, 9.17) is 11.6 Å². The highest BCUT2D eigenvalue weighted by Gasteiger charge is 2.22. The molecular weight excluding hydrogens is 278 g/mol. The highest BCUT2D eigenvalue weighted by molar-refractivity contribution is 6.30. The summed E-state index contributed by atoms with van der Waals surface area (Å²) in [5.41, 5.74) is 0.768. The number of nitrogens with zero attached hydrogens (tertiary/aromatic N) is 2. The quantitative estimate of drug-likeness (QED) is 0.648. The minimum absolute atomic E-state index is 0.126. The maximum atomic E-state index is 11.0. The van der Waals surface area contributed by atoms with Crippen LogP contribution in [0.2, 0.25) is 5.02 Å². The number of benzene rings is 1. The molecule has 20 heavy (non-hydrogen) atoms. The Kier molecular flexibility index (Phi) is 5.34. The molecule has 110 valence electrons. The lowest BCUT2D eigenvalue weighted by atomic mass is 10.1. The number of hydrogen-bond acceptors (Lipinski definition) is 4. The Hall–Kier alpha value is -1.17. The molecule has 1 N–H and O–H groups in total. The number of nitro groups is 1. The van der Waals surface area contributed by atoms with Crippen molar-refractivity contribution in [1.29, 1.82) is 0 Å². The van der Waals surface area contributed by atoms with Crippen LogP contribution in [-0.4, -0.2) is 35.5 Å². The molecule has 1 aromatic carbocycles. The van der Waals surface area contributed by atoms with E-state index in [2.05, 4.69) is 17.1 Å². The van der Waals surface area contributed by atoms with Gasteiger partial charge in [-0.05, 0) is 38.1 Å². The molecule has 6 heteroatoms. The van der Waals surface area contributed by atoms with Gasteiger partial charge in [-0.1, -0.05) is 18.5 Å². The fourth-order valence-electron chi connectivity index (χ4n) is 2.79. The summed E-state index contributed by atoms with van der Waals surface area (Å²) in [6.07, 6.45) is 2.43. The first-order chi connectivity index (χ1) is 9.61. The summed E-state index contributed by atoms with van der Waals surface area (Å²) >= 11 is 5.91. The average molecular weight is 298 g/mol. The van der Waals surface area contributed by atoms with Gasteiger partial charge in [0.25, 0.3) is 5.69 Å². The fraction of sp³-hybridized carbons (Fsp3) is 0.571. The third kappa shape index (κ3) is 3.69. The molecule has 0 aliphatic carbocycles. The predicted octanol–water partition coefficient (Wildman–Crippen LogP) is 2.82. The van der Waals surface area contributed by atoms with Crippen LogP contribution in [0.3, 0.4) is 0 Å². The van der Waals surface area contributed by atoms with Crippen molar-refractivity contribution in [3.05, 3.63) is 38.9 Å². The van der Waals surface area contributed by atoms with Crippen molar-refractivity contribution in [2.75, 3.05) is 19.6 Å². The normalized spacial score (nSPS) is 19.4. The maximum absolute atomic E-state index is 11.0. The van der Waals surface area contributed by atoms with Gasteiger partial charge in [0.1, 0.15) is 0 Å². The van der Waals surface area contributed by atoms with E-state index in [1.807, 2.05) is 0 Å². The monoisotopic (exact) mass is 297 g/mol. The van der Waals surface area contributed by atoms with Crippen LogP contribution in [0.1, 0.15) is 25.3 Å². The molecule has 1 aliphatic heterocycles. The summed E-state index contributed by atoms with van der Waals surface area (Å²) in [6, 6.07) is 5.23. The summed E-state index contributed by atoms with van der Waals surface area (Å²) in [5, 5.41) is 14.8. The Morgan fingerprint density at radius 2 is 2.35 bits per heavy atom. The second-order valence-electron chi connectivity index (χ2n) is 5.09. The summed E-state index contributed by atoms with van der Waals surface area (Å²) in [5.74, 6) is 0. The molecule has 1 heterocycles. The second kappa shape index (κ2) is 7.02. The van der Waals surface area contributed by atoms with Crippen LogP contribution in [0.5, 0.6) is 0 Å². The first-order valence-corrected chi connectivity index (χ1v) is 7.37. The lowest BCUT2D eigenvalue weighted by Crippen LogP contribution is -2.37. The van der Waals surface area contributed by atoms with Crippen molar-refractivity contribution in [2.45, 2.75) is 32.4 Å². The number of likely N-dealkylation sites (N-methyl/N-ethyl adjacent to an activating group) is 1. The zero-order chi connectivity index (χ0) is 14.5. The molecule has 1 atom stereocenters. The van der Waals surface area contributed by atoms with Crippen molar-refractivity contribution in [2.24, 2.45) is 0 Å². The Labute approximate surface area is 124 Å². The van der Waals surface area contributed by atoms with E-state index in [0.717, 1.165) is 19.6 Å². The van der Waals surface area contributed by atoms with E-state index in [-0.39, 0.29) is 10.6 Å². The van der Waals surface area contributed by atoms with Gasteiger partial charge in [-0.15, -0.1) is 0 Å². The Morgan fingerprint density at radius 3 is 3.05 bits per heavy atom. The van der Waals surface area contributed by atoms with Crippen LogP contribution < -0.4 is 5.32 Å². The van der Waals surface area contributed by atoms with E-state index in [0.29, 0.717) is 23.2 Å². The van der Waals surface area contributed by atoms with E-state index in [9.17, 15) is 10.1 Å². The maximum Gasteiger partial charge on any atom is 0.273 e. The predicted molar refractivity (Wildman–Crippen MR) is 80.1 cm³/mol. The van der Waals surface area contributed by atoms with Gasteiger partial charge in [0.2, 0.25) is 0 Å². The van der Waals surface area contributed by atoms with Crippen LogP contribution >= 0.6 is 11.6 Å². The molecule has 0 aromatic heterocycles. The van der Waals surface area contributed by atoms with Crippen molar-refractivity contribution >= 4 is 17.3 Å². The highest BCUT2D eigenvalue weighted by atomic mass is 35.5. The van der Waals surface area contributed by atoms with Crippen molar-refractivity contribution in [1.82, 2.24) is 10.2 Å². The van der Waals surface area contributed by atoms with E-state index in [1.165, 1.54) is 18.9 Å². The smallest absolute Gasteiger partial charge is 0.273 e. The number of hydrogen-bond donors (Lipinski definition) is 1. The van der Waals surface area contributed by atoms with Gasteiger partial charge in [0, 0.05) is 35.8 Å². The van der Waals surface area contributed by atoms with Gasteiger partial charge in [0.05, 0.1) is 4.92 Å². The summed E-state index contributed by atoms with van der Waals surface area (Å²) in [6.45, 7) is 5.71. The van der Waals surface area contributed by atoms with Gasteiger partial charge >= 0.3 is 0 Å². The second-order valence-corrected chi connectivity index (χ2v) is 5.52. The third-order valence-electron chi connectivity index (χ3n) is 3.84. The molecule has 0 radical (unpaired) electrons. The van der Waals surface area contributed by atoms with Crippen molar-refractivity contribution < 1.29 is 4.92 Å². The standard InChI is InChI=1S/C14H20ClN3O2/c1-2-17-7-3-4-13(17)10-16-9-11-8-12(15)5-6-14(11)18(19)20/h5-6,8,13,16H,2-4,7,9-10H2,1H3. The van der Waals surface area contributed by atoms with Gasteiger partial charge in [0.15, 0.2) is 0 Å². The molecule has 1 aliphatic rings. The number of halogens is 1. The van der Waals surface area contributed by atoms with Crippen LogP contribution in [-0.2, 0) is 6.54 Å². The zero-order valence-electron chi connectivity index (χ0n) is 11.6. The lowest BCUT2D eigenvalue weighted by molar-refractivity contribution is -0.385. The summed E-state index contributed by atoms with van der Waals surface area (Å²) in [7, 11) is 0. The Bertz CT molecular complexity index is 481. The molecule has 0 amide bonds. The molecule has 2 rings (SSSR count). The fourth-order valence-corrected chi connectivity index (χ4v) is 2.98. The largest absolute Gasteiger partial charge is 0.311 e. The van der Waals surface area contributed by atoms with E-state index < -0.39 is 0 Å². The Balaban J connectivity index is 1.93. The number of likely N-dealkylation sites (tertiary alicyclic amines) is 1. The van der Waals surface area contributed by atoms with E-state index in [1.54, 1.807) is 12.1 Å². The molecule has 1 fully saturated rings. The molecule has 1 aromatic rings. The van der Waals surface area contributed by atoms with Crippen LogP contribution in [0.25, 0.3) is 0 Å². The molecule has 0 bridgehead atoms. The van der Waals surface area contributed by atoms with Crippen molar-refractivity contribution in [3.63, 3.8) is 0 Å². The molecular formula is C14H20ClN3O2. The van der Waals surface area contributed by atoms with Crippen molar-refractivity contribution in [3.8, 4) is 0 Å². The first kappa shape index (κ1) is 15.2. The van der Waals surface area contributed by atoms with Gasteiger partial charge in [-0.2, -0.15) is 0 Å². The van der Waals surface area contributed by atoms with Crippen LogP contribution in [0.15, 0.2) is 18.2 Å². The highest BCUT2D eigenvalue weighted by Crippen LogP contribution is 2.23. The Morgan fingerprint density at radius 1 is 1.55 bits per heavy atom. The van der Waals surface area contributed by atoms with Gasteiger partial charge in [-0.3, -0.25) is 15.0 Å². The van der Waals surface area contributed by atoms with Gasteiger partial charge in [-0.25, -0.2) is 0 Å². The average Bonchev–Trinajstić information content (AvgIpc) is 2.86. The third-order valence-corrected chi connectivity index (χ3v) is 4.07. The summed E-state index contributed by atoms with van der Waals surface area (Å²) in [4.78, 5) is 13.1.